The molecule has 5 nitrogen and oxygen atoms in total. The van der Waals surface area contributed by atoms with Crippen LogP contribution < -0.4 is 20.5 Å². The summed E-state index contributed by atoms with van der Waals surface area (Å²) < 4.78 is 56.4. The van der Waals surface area contributed by atoms with Gasteiger partial charge in [-0.1, -0.05) is 43.8 Å². The van der Waals surface area contributed by atoms with Crippen LogP contribution in [-0.2, 0) is 0 Å². The number of hydrogen-bond donors (Lipinski definition) is 1. The zero-order chi connectivity index (χ0) is 30.8. The summed E-state index contributed by atoms with van der Waals surface area (Å²) in [6.45, 7) is 10.3. The minimum Gasteiger partial charge on any atom is -0.430 e. The lowest BCUT2D eigenvalue weighted by atomic mass is 9.96. The largest absolute Gasteiger partial charge is 0.430 e. The summed E-state index contributed by atoms with van der Waals surface area (Å²) in [4.78, 5) is 27.4. The predicted molar refractivity (Wildman–Crippen MR) is 162 cm³/mol. The maximum absolute atomic E-state index is 13.0. The second-order valence-electron chi connectivity index (χ2n) is 10.1. The van der Waals surface area contributed by atoms with Crippen molar-refractivity contribution in [3.05, 3.63) is 63.5 Å². The highest BCUT2D eigenvalue weighted by Crippen LogP contribution is 2.28. The number of Topliss-reactive ketones (excluding diaryl/α,β-unsaturated/α-hetero) is 1. The zero-order valence-corrected chi connectivity index (χ0v) is 25.9. The molecule has 226 valence electrons. The fourth-order valence-electron chi connectivity index (χ4n) is 4.25. The number of nitrogens with zero attached hydrogens (tertiary/aromatic N) is 1. The summed E-state index contributed by atoms with van der Waals surface area (Å²) in [5.74, 6) is -3.38. The Morgan fingerprint density at radius 2 is 1.85 bits per heavy atom. The monoisotopic (exact) mass is 614 g/mol. The van der Waals surface area contributed by atoms with Crippen LogP contribution >= 0.6 is 21.0 Å². The van der Waals surface area contributed by atoms with Gasteiger partial charge in [0.1, 0.15) is 5.75 Å². The van der Waals surface area contributed by atoms with E-state index in [9.17, 15) is 27.2 Å². The van der Waals surface area contributed by atoms with E-state index in [1.54, 1.807) is 6.07 Å². The topological polar surface area (TPSA) is 58.6 Å². The Morgan fingerprint density at radius 1 is 1.20 bits per heavy atom. The van der Waals surface area contributed by atoms with E-state index in [0.717, 1.165) is 35.9 Å². The molecule has 41 heavy (non-hydrogen) atoms. The Balaban J connectivity index is 1.94. The highest BCUT2D eigenvalue weighted by molar-refractivity contribution is 8.00. The average molecular weight is 615 g/mol. The van der Waals surface area contributed by atoms with Gasteiger partial charge in [0.15, 0.2) is 5.78 Å². The lowest BCUT2D eigenvalue weighted by molar-refractivity contribution is -0.0892. The summed E-state index contributed by atoms with van der Waals surface area (Å²) in [5.41, 5.74) is 1.68. The Morgan fingerprint density at radius 3 is 2.44 bits per heavy atom. The van der Waals surface area contributed by atoms with Crippen LogP contribution in [0.5, 0.6) is 5.75 Å². The number of halogens is 4. The molecule has 2 aromatic rings. The van der Waals surface area contributed by atoms with Gasteiger partial charge in [-0.25, -0.2) is 0 Å². The molecule has 1 amide bonds. The van der Waals surface area contributed by atoms with Gasteiger partial charge >= 0.3 is 5.85 Å². The molecular weight excluding hydrogens is 575 g/mol. The minimum atomic E-state index is -3.37. The molecule has 0 aliphatic heterocycles. The summed E-state index contributed by atoms with van der Waals surface area (Å²) >= 11 is 0.488. The van der Waals surface area contributed by atoms with Crippen LogP contribution in [-0.4, -0.2) is 60.1 Å². The van der Waals surface area contributed by atoms with Crippen LogP contribution in [0.4, 0.5) is 17.6 Å². The molecule has 0 saturated heterocycles. The Kier molecular flexibility index (Phi) is 13.3. The normalized spacial score (nSPS) is 13.4. The molecule has 2 atom stereocenters. The number of ketones is 1. The van der Waals surface area contributed by atoms with Crippen LogP contribution in [0.15, 0.2) is 36.4 Å². The van der Waals surface area contributed by atoms with E-state index in [1.165, 1.54) is 33.5 Å². The maximum Gasteiger partial charge on any atom is 0.408 e. The van der Waals surface area contributed by atoms with E-state index < -0.39 is 11.1 Å². The van der Waals surface area contributed by atoms with Crippen molar-refractivity contribution in [3.8, 4) is 5.75 Å². The first-order chi connectivity index (χ1) is 19.1. The number of carbonyl (C=O) groups excluding carboxylic acids is 2. The molecule has 0 aromatic heterocycles. The standard InChI is InChI=1S/C30H39F4N2O3PS/c1-6-22(7-12-27(37)23-8-10-25(11-9-23)39-30(33,34)40)19-36(5)15-13-24-18-26(21(3)17-20(24)2)28(38)35-14-16-41-29(4,31)32/h8-11,13,17-18,22H,2,6-7,12,14-16,19,40H2,1,3-5H3,(H,35,38)/b24-13-. The zero-order valence-electron chi connectivity index (χ0n) is 23.9. The van der Waals surface area contributed by atoms with E-state index in [0.29, 0.717) is 42.3 Å². The van der Waals surface area contributed by atoms with Crippen molar-refractivity contribution in [1.82, 2.24) is 10.2 Å². The fourth-order valence-corrected chi connectivity index (χ4v) is 4.95. The molecule has 0 aliphatic rings. The van der Waals surface area contributed by atoms with Crippen molar-refractivity contribution in [3.63, 3.8) is 0 Å². The molecule has 0 heterocycles. The van der Waals surface area contributed by atoms with Gasteiger partial charge in [0.2, 0.25) is 0 Å². The molecule has 0 aliphatic carbocycles. The van der Waals surface area contributed by atoms with Gasteiger partial charge in [-0.3, -0.25) is 9.59 Å². The number of amides is 1. The lowest BCUT2D eigenvalue weighted by Gasteiger charge is -2.22. The molecule has 1 N–H and O–H groups in total. The Bertz CT molecular complexity index is 1280. The van der Waals surface area contributed by atoms with Crippen molar-refractivity contribution in [2.45, 2.75) is 51.1 Å². The SMILES string of the molecule is C=c1cc(C)c(C(=O)NCCSC(C)(F)F)c/c1=C/CN(C)CC(CC)CCC(=O)c1ccc(OC(F)(F)P)cc1. The van der Waals surface area contributed by atoms with E-state index in [1.807, 2.05) is 26.1 Å². The lowest BCUT2D eigenvalue weighted by Crippen LogP contribution is -2.33. The van der Waals surface area contributed by atoms with Crippen LogP contribution in [0, 0.1) is 12.8 Å². The molecular formula is C30H39F4N2O3PS. The van der Waals surface area contributed by atoms with Gasteiger partial charge in [-0.2, -0.15) is 17.6 Å². The molecule has 0 fully saturated rings. The minimum absolute atomic E-state index is 0.0176. The molecule has 0 radical (unpaired) electrons. The van der Waals surface area contributed by atoms with Crippen molar-refractivity contribution in [2.75, 3.05) is 32.4 Å². The highest BCUT2D eigenvalue weighted by Gasteiger charge is 2.23. The molecule has 11 heteroatoms. The molecule has 0 bridgehead atoms. The van der Waals surface area contributed by atoms with E-state index in [2.05, 4.69) is 28.5 Å². The van der Waals surface area contributed by atoms with Gasteiger partial charge in [0.05, 0.1) is 0 Å². The average Bonchev–Trinajstić information content (AvgIpc) is 2.87. The number of hydrogen-bond acceptors (Lipinski definition) is 5. The van der Waals surface area contributed by atoms with Crippen molar-refractivity contribution in [1.29, 1.82) is 0 Å². The number of alkyl halides is 4. The van der Waals surface area contributed by atoms with E-state index in [4.69, 9.17) is 0 Å². The van der Waals surface area contributed by atoms with Crippen molar-refractivity contribution >= 4 is 45.3 Å². The van der Waals surface area contributed by atoms with Crippen molar-refractivity contribution in [2.24, 2.45) is 5.92 Å². The van der Waals surface area contributed by atoms with Gasteiger partial charge in [-0.05, 0) is 81.9 Å². The fraction of sp³-hybridized carbons (Fsp3) is 0.467. The van der Waals surface area contributed by atoms with E-state index >= 15 is 0 Å². The van der Waals surface area contributed by atoms with Crippen LogP contribution in [0.25, 0.3) is 12.7 Å². The predicted octanol–water partition coefficient (Wildman–Crippen LogP) is 5.69. The molecule has 0 saturated carbocycles. The molecule has 2 unspecified atom stereocenters. The highest BCUT2D eigenvalue weighted by atomic mass is 32.2. The number of benzene rings is 2. The number of ether oxygens (including phenoxy) is 1. The molecule has 0 spiro atoms. The number of nitrogens with one attached hydrogen (secondary N) is 1. The maximum atomic E-state index is 13.0. The first kappa shape index (κ1) is 34.8. The van der Waals surface area contributed by atoms with E-state index in [-0.39, 0.29) is 35.7 Å². The first-order valence-corrected chi connectivity index (χ1v) is 14.9. The number of thioether (sulfide) groups is 1. The third-order valence-electron chi connectivity index (χ3n) is 6.45. The third-order valence-corrected chi connectivity index (χ3v) is 7.49. The Hall–Kier alpha value is -2.42. The van der Waals surface area contributed by atoms with Gasteiger partial charge < -0.3 is 15.0 Å². The summed E-state index contributed by atoms with van der Waals surface area (Å²) in [5, 5.41) is 1.46. The molecule has 2 rings (SSSR count). The van der Waals surface area contributed by atoms with Crippen LogP contribution in [0.1, 0.15) is 59.4 Å². The summed E-state index contributed by atoms with van der Waals surface area (Å²) in [7, 11) is 3.29. The second-order valence-corrected chi connectivity index (χ2v) is 12.2. The summed E-state index contributed by atoms with van der Waals surface area (Å²) in [6.07, 6.45) is 3.89. The Labute approximate surface area is 246 Å². The van der Waals surface area contributed by atoms with Gasteiger partial charge in [-0.15, -0.1) is 0 Å². The van der Waals surface area contributed by atoms with Crippen LogP contribution in [0.3, 0.4) is 0 Å². The first-order valence-electron chi connectivity index (χ1n) is 13.3. The second kappa shape index (κ2) is 15.7. The number of aryl methyl sites for hydroxylation is 1. The van der Waals surface area contributed by atoms with Gasteiger partial charge in [0, 0.05) is 49.9 Å². The van der Waals surface area contributed by atoms with Crippen LogP contribution in [0.2, 0.25) is 0 Å². The quantitative estimate of drug-likeness (QED) is 0.114. The third kappa shape index (κ3) is 13.0. The molecule has 2 aromatic carbocycles. The number of carbonyl (C=O) groups is 2. The van der Waals surface area contributed by atoms with Gasteiger partial charge in [0.25, 0.3) is 11.2 Å². The smallest absolute Gasteiger partial charge is 0.408 e. The number of rotatable bonds is 16. The van der Waals surface area contributed by atoms with Crippen molar-refractivity contribution < 1.29 is 31.9 Å². The summed E-state index contributed by atoms with van der Waals surface area (Å²) in [6, 6.07) is 9.30.